The standard InChI is InChI=1S/C18H27N3O3S/c1-4-24-18(23)15(12(2)3)21-16(22)14-6-5-9-20-17(14)25-13-7-10-19-11-8-13/h5-6,9,12-13,15,19H,4,7-8,10-11H2,1-3H3,(H,21,22). The van der Waals surface area contributed by atoms with Gasteiger partial charge in [-0.15, -0.1) is 11.8 Å². The van der Waals surface area contributed by atoms with Crippen LogP contribution >= 0.6 is 11.8 Å². The predicted octanol–water partition coefficient (Wildman–Crippen LogP) is 2.24. The zero-order chi connectivity index (χ0) is 18.2. The van der Waals surface area contributed by atoms with Gasteiger partial charge in [-0.2, -0.15) is 0 Å². The zero-order valence-electron chi connectivity index (χ0n) is 15.1. The van der Waals surface area contributed by atoms with Gasteiger partial charge in [0.25, 0.3) is 5.91 Å². The van der Waals surface area contributed by atoms with Gasteiger partial charge in [0.15, 0.2) is 0 Å². The fraction of sp³-hybridized carbons (Fsp3) is 0.611. The lowest BCUT2D eigenvalue weighted by Crippen LogP contribution is -2.45. The molecule has 1 aliphatic rings. The first kappa shape index (κ1) is 19.7. The van der Waals surface area contributed by atoms with Gasteiger partial charge in [0, 0.05) is 11.4 Å². The molecule has 1 unspecified atom stereocenters. The number of ether oxygens (including phenoxy) is 1. The second-order valence-electron chi connectivity index (χ2n) is 6.37. The first-order chi connectivity index (χ1) is 12.0. The Morgan fingerprint density at radius 1 is 1.40 bits per heavy atom. The van der Waals surface area contributed by atoms with Crippen molar-refractivity contribution in [2.75, 3.05) is 19.7 Å². The number of carbonyl (C=O) groups excluding carboxylic acids is 2. The molecule has 1 atom stereocenters. The van der Waals surface area contributed by atoms with Gasteiger partial charge >= 0.3 is 5.97 Å². The number of nitrogens with one attached hydrogen (secondary N) is 2. The van der Waals surface area contributed by atoms with Crippen LogP contribution in [0.25, 0.3) is 0 Å². The normalized spacial score (nSPS) is 16.5. The highest BCUT2D eigenvalue weighted by Gasteiger charge is 2.27. The van der Waals surface area contributed by atoms with Gasteiger partial charge in [-0.25, -0.2) is 9.78 Å². The first-order valence-corrected chi connectivity index (χ1v) is 9.70. The van der Waals surface area contributed by atoms with Crippen LogP contribution in [0.1, 0.15) is 44.0 Å². The van der Waals surface area contributed by atoms with Crippen molar-refractivity contribution < 1.29 is 14.3 Å². The zero-order valence-corrected chi connectivity index (χ0v) is 15.9. The van der Waals surface area contributed by atoms with Crippen molar-refractivity contribution in [1.82, 2.24) is 15.6 Å². The molecule has 0 aliphatic carbocycles. The molecule has 1 amide bonds. The Morgan fingerprint density at radius 3 is 2.76 bits per heavy atom. The van der Waals surface area contributed by atoms with Gasteiger partial charge in [0.1, 0.15) is 11.1 Å². The van der Waals surface area contributed by atoms with Crippen molar-refractivity contribution in [3.8, 4) is 0 Å². The lowest BCUT2D eigenvalue weighted by Gasteiger charge is -2.23. The monoisotopic (exact) mass is 365 g/mol. The van der Waals surface area contributed by atoms with Crippen LogP contribution in [0.3, 0.4) is 0 Å². The number of thioether (sulfide) groups is 1. The van der Waals surface area contributed by atoms with E-state index in [-0.39, 0.29) is 11.8 Å². The molecular formula is C18H27N3O3S. The molecule has 1 fully saturated rings. The molecule has 1 aromatic rings. The lowest BCUT2D eigenvalue weighted by molar-refractivity contribution is -0.146. The molecule has 6 nitrogen and oxygen atoms in total. The van der Waals surface area contributed by atoms with Gasteiger partial charge in [0.05, 0.1) is 12.2 Å². The van der Waals surface area contributed by atoms with Crippen LogP contribution in [0, 0.1) is 5.92 Å². The molecule has 2 rings (SSSR count). The third-order valence-electron chi connectivity index (χ3n) is 4.07. The fourth-order valence-corrected chi connectivity index (χ4v) is 3.87. The van der Waals surface area contributed by atoms with Crippen LogP contribution in [0.15, 0.2) is 23.4 Å². The number of hydrogen-bond donors (Lipinski definition) is 2. The van der Waals surface area contributed by atoms with Crippen molar-refractivity contribution in [3.63, 3.8) is 0 Å². The largest absolute Gasteiger partial charge is 0.464 e. The lowest BCUT2D eigenvalue weighted by atomic mass is 10.0. The van der Waals surface area contributed by atoms with Crippen LogP contribution < -0.4 is 10.6 Å². The van der Waals surface area contributed by atoms with Crippen molar-refractivity contribution in [2.24, 2.45) is 5.92 Å². The van der Waals surface area contributed by atoms with E-state index in [1.807, 2.05) is 13.8 Å². The first-order valence-electron chi connectivity index (χ1n) is 8.82. The molecular weight excluding hydrogens is 338 g/mol. The molecule has 138 valence electrons. The van der Waals surface area contributed by atoms with E-state index in [2.05, 4.69) is 15.6 Å². The Hall–Kier alpha value is -1.60. The molecule has 1 saturated heterocycles. The summed E-state index contributed by atoms with van der Waals surface area (Å²) in [4.78, 5) is 29.2. The summed E-state index contributed by atoms with van der Waals surface area (Å²) in [5.74, 6) is -0.737. The Labute approximate surface area is 153 Å². The predicted molar refractivity (Wildman–Crippen MR) is 98.7 cm³/mol. The summed E-state index contributed by atoms with van der Waals surface area (Å²) in [5.41, 5.74) is 0.515. The highest BCUT2D eigenvalue weighted by atomic mass is 32.2. The number of aromatic nitrogens is 1. The SMILES string of the molecule is CCOC(=O)C(NC(=O)c1cccnc1SC1CCNCC1)C(C)C. The maximum atomic E-state index is 12.7. The van der Waals surface area contributed by atoms with Gasteiger partial charge in [-0.3, -0.25) is 4.79 Å². The van der Waals surface area contributed by atoms with Crippen LogP contribution in [0.2, 0.25) is 0 Å². The molecule has 7 heteroatoms. The van der Waals surface area contributed by atoms with E-state index in [0.717, 1.165) is 31.0 Å². The quantitative estimate of drug-likeness (QED) is 0.722. The number of hydrogen-bond acceptors (Lipinski definition) is 6. The molecule has 0 radical (unpaired) electrons. The summed E-state index contributed by atoms with van der Waals surface area (Å²) in [5, 5.41) is 7.33. The Morgan fingerprint density at radius 2 is 2.12 bits per heavy atom. The molecule has 0 spiro atoms. The van der Waals surface area contributed by atoms with Crippen molar-refractivity contribution >= 4 is 23.6 Å². The molecule has 2 N–H and O–H groups in total. The van der Waals surface area contributed by atoms with E-state index in [4.69, 9.17) is 4.74 Å². The van der Waals surface area contributed by atoms with Crippen LogP contribution in [-0.4, -0.2) is 47.8 Å². The average Bonchev–Trinajstić information content (AvgIpc) is 2.60. The highest BCUT2D eigenvalue weighted by molar-refractivity contribution is 7.99. The van der Waals surface area contributed by atoms with Crippen LogP contribution in [0.5, 0.6) is 0 Å². The van der Waals surface area contributed by atoms with E-state index in [9.17, 15) is 9.59 Å². The molecule has 25 heavy (non-hydrogen) atoms. The van der Waals surface area contributed by atoms with E-state index < -0.39 is 12.0 Å². The fourth-order valence-electron chi connectivity index (χ4n) is 2.68. The molecule has 1 aliphatic heterocycles. The second kappa shape index (κ2) is 9.77. The minimum atomic E-state index is -0.663. The second-order valence-corrected chi connectivity index (χ2v) is 7.66. The summed E-state index contributed by atoms with van der Waals surface area (Å²) in [6.07, 6.45) is 3.81. The van der Waals surface area contributed by atoms with Crippen molar-refractivity contribution in [1.29, 1.82) is 0 Å². The number of carbonyl (C=O) groups is 2. The Kier molecular flexibility index (Phi) is 7.71. The third-order valence-corrected chi connectivity index (χ3v) is 5.43. The molecule has 2 heterocycles. The van der Waals surface area contributed by atoms with Gasteiger partial charge in [-0.1, -0.05) is 13.8 Å². The Bertz CT molecular complexity index is 589. The summed E-state index contributed by atoms with van der Waals surface area (Å²) in [6.45, 7) is 7.80. The Balaban J connectivity index is 2.11. The molecule has 0 saturated carbocycles. The summed E-state index contributed by atoms with van der Waals surface area (Å²) in [6, 6.07) is 2.84. The number of amides is 1. The summed E-state index contributed by atoms with van der Waals surface area (Å²) < 4.78 is 5.07. The van der Waals surface area contributed by atoms with Gasteiger partial charge < -0.3 is 15.4 Å². The molecule has 0 aromatic carbocycles. The molecule has 1 aromatic heterocycles. The number of piperidine rings is 1. The topological polar surface area (TPSA) is 80.3 Å². The van der Waals surface area contributed by atoms with Gasteiger partial charge in [-0.05, 0) is 50.9 Å². The average molecular weight is 365 g/mol. The highest BCUT2D eigenvalue weighted by Crippen LogP contribution is 2.29. The summed E-state index contributed by atoms with van der Waals surface area (Å²) in [7, 11) is 0. The van der Waals surface area contributed by atoms with E-state index >= 15 is 0 Å². The minimum absolute atomic E-state index is 0.0554. The number of nitrogens with zero attached hydrogens (tertiary/aromatic N) is 1. The van der Waals surface area contributed by atoms with Crippen LogP contribution in [-0.2, 0) is 9.53 Å². The maximum absolute atomic E-state index is 12.7. The number of pyridine rings is 1. The van der Waals surface area contributed by atoms with Crippen LogP contribution in [0.4, 0.5) is 0 Å². The van der Waals surface area contributed by atoms with Gasteiger partial charge in [0.2, 0.25) is 0 Å². The van der Waals surface area contributed by atoms with E-state index in [1.54, 1.807) is 37.0 Å². The number of rotatable bonds is 7. The smallest absolute Gasteiger partial charge is 0.328 e. The summed E-state index contributed by atoms with van der Waals surface area (Å²) >= 11 is 1.65. The van der Waals surface area contributed by atoms with E-state index in [0.29, 0.717) is 17.4 Å². The van der Waals surface area contributed by atoms with Crippen molar-refractivity contribution in [3.05, 3.63) is 23.9 Å². The molecule has 0 bridgehead atoms. The maximum Gasteiger partial charge on any atom is 0.328 e. The number of esters is 1. The van der Waals surface area contributed by atoms with Crippen molar-refractivity contribution in [2.45, 2.75) is 49.9 Å². The third kappa shape index (κ3) is 5.71. The van der Waals surface area contributed by atoms with E-state index in [1.165, 1.54) is 0 Å². The minimum Gasteiger partial charge on any atom is -0.464 e.